The summed E-state index contributed by atoms with van der Waals surface area (Å²) in [5, 5.41) is 23.6. The highest BCUT2D eigenvalue weighted by Crippen LogP contribution is 2.26. The van der Waals surface area contributed by atoms with Crippen LogP contribution in [-0.2, 0) is 4.74 Å². The van der Waals surface area contributed by atoms with Gasteiger partial charge in [-0.2, -0.15) is 0 Å². The zero-order chi connectivity index (χ0) is 15.2. The Bertz CT molecular complexity index is 627. The van der Waals surface area contributed by atoms with Gasteiger partial charge < -0.3 is 20.3 Å². The molecule has 1 unspecified atom stereocenters. The van der Waals surface area contributed by atoms with Crippen LogP contribution in [0.25, 0.3) is 10.8 Å². The van der Waals surface area contributed by atoms with Crippen molar-refractivity contribution in [2.24, 2.45) is 0 Å². The monoisotopic (exact) mass is 289 g/mol. The minimum absolute atomic E-state index is 0.288. The number of fused-ring (bicyclic) bond motifs is 1. The molecule has 2 rings (SSSR count). The summed E-state index contributed by atoms with van der Waals surface area (Å²) in [6.45, 7) is 0.890. The minimum atomic E-state index is -0.937. The summed E-state index contributed by atoms with van der Waals surface area (Å²) >= 11 is 0. The van der Waals surface area contributed by atoms with Gasteiger partial charge in [0.2, 0.25) is 0 Å². The van der Waals surface area contributed by atoms with E-state index in [1.54, 1.807) is 25.3 Å². The van der Waals surface area contributed by atoms with E-state index in [0.29, 0.717) is 25.0 Å². The lowest BCUT2D eigenvalue weighted by molar-refractivity contribution is 0.0615. The second-order valence-corrected chi connectivity index (χ2v) is 4.84. The molecule has 0 bridgehead atoms. The predicted molar refractivity (Wildman–Crippen MR) is 81.9 cm³/mol. The lowest BCUT2D eigenvalue weighted by atomic mass is 10.0. The Morgan fingerprint density at radius 2 is 1.95 bits per heavy atom. The van der Waals surface area contributed by atoms with Crippen molar-refractivity contribution in [2.75, 3.05) is 25.6 Å². The Balaban J connectivity index is 2.18. The number of anilines is 1. The number of carboxylic acid groups (broad SMARTS) is 1. The highest BCUT2D eigenvalue weighted by Gasteiger charge is 2.11. The first-order chi connectivity index (χ1) is 10.1. The van der Waals surface area contributed by atoms with Crippen LogP contribution in [0.2, 0.25) is 0 Å². The van der Waals surface area contributed by atoms with E-state index in [9.17, 15) is 15.0 Å². The van der Waals surface area contributed by atoms with Crippen molar-refractivity contribution in [3.8, 4) is 0 Å². The molecule has 0 spiro atoms. The molecule has 0 aliphatic rings. The molecule has 5 heteroatoms. The summed E-state index contributed by atoms with van der Waals surface area (Å²) in [5.74, 6) is -0.937. The maximum absolute atomic E-state index is 11.2. The van der Waals surface area contributed by atoms with Gasteiger partial charge in [0.1, 0.15) is 0 Å². The number of hydrogen-bond donors (Lipinski definition) is 3. The normalized spacial score (nSPS) is 12.3. The van der Waals surface area contributed by atoms with Crippen molar-refractivity contribution in [1.29, 1.82) is 0 Å². The molecular formula is C16H19NO4. The lowest BCUT2D eigenvalue weighted by Crippen LogP contribution is -2.18. The third kappa shape index (κ3) is 3.71. The second-order valence-electron chi connectivity index (χ2n) is 4.84. The van der Waals surface area contributed by atoms with E-state index in [4.69, 9.17) is 4.74 Å². The summed E-state index contributed by atoms with van der Waals surface area (Å²) in [4.78, 5) is 11.2. The number of carbonyl (C=O) groups is 1. The zero-order valence-corrected chi connectivity index (χ0v) is 11.9. The molecule has 0 fully saturated rings. The summed E-state index contributed by atoms with van der Waals surface area (Å²) in [6.07, 6.45) is 0.0510. The quantitative estimate of drug-likeness (QED) is 0.729. The molecule has 21 heavy (non-hydrogen) atoms. The number of aromatic carboxylic acids is 1. The SMILES string of the molecule is COCC(O)CCNc1ccc(C(=O)O)c2ccccc12. The van der Waals surface area contributed by atoms with Gasteiger partial charge in [-0.15, -0.1) is 0 Å². The lowest BCUT2D eigenvalue weighted by Gasteiger charge is -2.13. The first-order valence-corrected chi connectivity index (χ1v) is 6.79. The van der Waals surface area contributed by atoms with Gasteiger partial charge in [0.05, 0.1) is 18.3 Å². The number of aliphatic hydroxyl groups is 1. The molecular weight excluding hydrogens is 270 g/mol. The largest absolute Gasteiger partial charge is 0.478 e. The van der Waals surface area contributed by atoms with Crippen LogP contribution >= 0.6 is 0 Å². The van der Waals surface area contributed by atoms with Gasteiger partial charge in [0.15, 0.2) is 0 Å². The molecule has 3 N–H and O–H groups in total. The van der Waals surface area contributed by atoms with Crippen LogP contribution < -0.4 is 5.32 Å². The van der Waals surface area contributed by atoms with Crippen LogP contribution in [0, 0.1) is 0 Å². The highest BCUT2D eigenvalue weighted by atomic mass is 16.5. The fraction of sp³-hybridized carbons (Fsp3) is 0.312. The molecule has 2 aromatic carbocycles. The Hall–Kier alpha value is -2.11. The van der Waals surface area contributed by atoms with Crippen molar-refractivity contribution in [2.45, 2.75) is 12.5 Å². The zero-order valence-electron chi connectivity index (χ0n) is 11.9. The number of ether oxygens (including phenoxy) is 1. The summed E-state index contributed by atoms with van der Waals surface area (Å²) < 4.78 is 4.88. The number of benzene rings is 2. The van der Waals surface area contributed by atoms with Crippen molar-refractivity contribution < 1.29 is 19.7 Å². The molecule has 1 atom stereocenters. The van der Waals surface area contributed by atoms with E-state index in [1.165, 1.54) is 0 Å². The molecule has 0 amide bonds. The van der Waals surface area contributed by atoms with Crippen LogP contribution in [0.3, 0.4) is 0 Å². The van der Waals surface area contributed by atoms with Crippen molar-refractivity contribution in [3.05, 3.63) is 42.0 Å². The van der Waals surface area contributed by atoms with Gasteiger partial charge in [-0.05, 0) is 23.9 Å². The maximum atomic E-state index is 11.2. The van der Waals surface area contributed by atoms with E-state index in [1.807, 2.05) is 18.2 Å². The van der Waals surface area contributed by atoms with Gasteiger partial charge in [-0.25, -0.2) is 4.79 Å². The van der Waals surface area contributed by atoms with Crippen molar-refractivity contribution >= 4 is 22.4 Å². The fourth-order valence-electron chi connectivity index (χ4n) is 2.29. The smallest absolute Gasteiger partial charge is 0.336 e. The predicted octanol–water partition coefficient (Wildman–Crippen LogP) is 2.35. The summed E-state index contributed by atoms with van der Waals surface area (Å²) in [5.41, 5.74) is 1.15. The van der Waals surface area contributed by atoms with Gasteiger partial charge in [0, 0.05) is 24.7 Å². The Morgan fingerprint density at radius 3 is 2.62 bits per heavy atom. The van der Waals surface area contributed by atoms with E-state index in [0.717, 1.165) is 11.1 Å². The van der Waals surface area contributed by atoms with E-state index in [2.05, 4.69) is 5.32 Å². The Morgan fingerprint density at radius 1 is 1.24 bits per heavy atom. The molecule has 0 saturated carbocycles. The number of rotatable bonds is 7. The standard InChI is InChI=1S/C16H19NO4/c1-21-10-11(18)8-9-17-15-7-6-14(16(19)20)12-4-2-3-5-13(12)15/h2-7,11,17-18H,8-10H2,1H3,(H,19,20). The number of nitrogens with one attached hydrogen (secondary N) is 1. The molecule has 112 valence electrons. The van der Waals surface area contributed by atoms with Gasteiger partial charge >= 0.3 is 5.97 Å². The van der Waals surface area contributed by atoms with Gasteiger partial charge in [-0.1, -0.05) is 24.3 Å². The molecule has 0 aliphatic heterocycles. The highest BCUT2D eigenvalue weighted by molar-refractivity contribution is 6.07. The molecule has 0 radical (unpaired) electrons. The van der Waals surface area contributed by atoms with E-state index >= 15 is 0 Å². The number of hydrogen-bond acceptors (Lipinski definition) is 4. The topological polar surface area (TPSA) is 78.8 Å². The Kier molecular flexibility index (Phi) is 5.14. The first kappa shape index (κ1) is 15.3. The Labute approximate surface area is 123 Å². The minimum Gasteiger partial charge on any atom is -0.478 e. The molecule has 0 saturated heterocycles. The third-order valence-corrected chi connectivity index (χ3v) is 3.31. The van der Waals surface area contributed by atoms with Crippen LogP contribution in [0.5, 0.6) is 0 Å². The van der Waals surface area contributed by atoms with E-state index in [-0.39, 0.29) is 5.56 Å². The van der Waals surface area contributed by atoms with Crippen LogP contribution in [0.4, 0.5) is 5.69 Å². The molecule has 2 aromatic rings. The molecule has 0 aromatic heterocycles. The van der Waals surface area contributed by atoms with Crippen LogP contribution in [0.15, 0.2) is 36.4 Å². The summed E-state index contributed by atoms with van der Waals surface area (Å²) in [7, 11) is 1.55. The van der Waals surface area contributed by atoms with Gasteiger partial charge in [0.25, 0.3) is 0 Å². The van der Waals surface area contributed by atoms with Crippen molar-refractivity contribution in [1.82, 2.24) is 0 Å². The van der Waals surface area contributed by atoms with E-state index < -0.39 is 12.1 Å². The van der Waals surface area contributed by atoms with Gasteiger partial charge in [-0.3, -0.25) is 0 Å². The maximum Gasteiger partial charge on any atom is 0.336 e. The average molecular weight is 289 g/mol. The number of methoxy groups -OCH3 is 1. The summed E-state index contributed by atoms with van der Waals surface area (Å²) in [6, 6.07) is 10.7. The fourth-order valence-corrected chi connectivity index (χ4v) is 2.29. The molecule has 0 aliphatic carbocycles. The average Bonchev–Trinajstić information content (AvgIpc) is 2.47. The second kappa shape index (κ2) is 7.06. The van der Waals surface area contributed by atoms with Crippen molar-refractivity contribution in [3.63, 3.8) is 0 Å². The first-order valence-electron chi connectivity index (χ1n) is 6.79. The third-order valence-electron chi connectivity index (χ3n) is 3.31. The van der Waals surface area contributed by atoms with Crippen LogP contribution in [0.1, 0.15) is 16.8 Å². The number of carboxylic acids is 1. The van der Waals surface area contributed by atoms with Crippen LogP contribution in [-0.4, -0.2) is 42.5 Å². The molecule has 5 nitrogen and oxygen atoms in total. The number of aliphatic hydroxyl groups excluding tert-OH is 1. The molecule has 0 heterocycles.